The lowest BCUT2D eigenvalue weighted by Crippen LogP contribution is -2.18. The zero-order valence-electron chi connectivity index (χ0n) is 13.6. The maximum atomic E-state index is 13.0. The van der Waals surface area contributed by atoms with Crippen molar-refractivity contribution in [1.29, 1.82) is 0 Å². The summed E-state index contributed by atoms with van der Waals surface area (Å²) in [4.78, 5) is -1.16. The zero-order valence-corrected chi connectivity index (χ0v) is 14.4. The van der Waals surface area contributed by atoms with Crippen LogP contribution in [0, 0.1) is 0 Å². The normalized spacial score (nSPS) is 13.4. The highest BCUT2D eigenvalue weighted by Crippen LogP contribution is 2.40. The van der Waals surface area contributed by atoms with Crippen molar-refractivity contribution in [2.24, 2.45) is 5.14 Å². The van der Waals surface area contributed by atoms with Crippen LogP contribution in [-0.4, -0.2) is 14.8 Å². The van der Waals surface area contributed by atoms with Crippen LogP contribution in [0.2, 0.25) is 0 Å². The molecule has 0 amide bonds. The summed E-state index contributed by atoms with van der Waals surface area (Å²) in [5, 5.41) is 4.87. The van der Waals surface area contributed by atoms with Gasteiger partial charge >= 0.3 is 18.7 Å². The number of rotatable bonds is 3. The number of alkyl halides is 9. The highest BCUT2D eigenvalue weighted by atomic mass is 32.2. The predicted molar refractivity (Wildman–Crippen MR) is 79.9 cm³/mol. The molecule has 0 saturated carbocycles. The summed E-state index contributed by atoms with van der Waals surface area (Å²) in [6.45, 7) is 0. The largest absolute Gasteiger partial charge is 0.573 e. The van der Waals surface area contributed by atoms with Gasteiger partial charge in [0.15, 0.2) is 0 Å². The van der Waals surface area contributed by atoms with Gasteiger partial charge in [0, 0.05) is 11.6 Å². The Labute approximate surface area is 156 Å². The third-order valence-corrected chi connectivity index (χ3v) is 4.34. The van der Waals surface area contributed by atoms with Crippen molar-refractivity contribution in [2.75, 3.05) is 0 Å². The molecule has 0 heterocycles. The van der Waals surface area contributed by atoms with E-state index >= 15 is 0 Å². The van der Waals surface area contributed by atoms with Crippen molar-refractivity contribution >= 4 is 10.0 Å². The van der Waals surface area contributed by atoms with E-state index < -0.39 is 61.6 Å². The van der Waals surface area contributed by atoms with Crippen LogP contribution in [0.25, 0.3) is 11.1 Å². The first-order chi connectivity index (χ1) is 12.9. The van der Waals surface area contributed by atoms with E-state index in [9.17, 15) is 47.9 Å². The number of nitrogens with two attached hydrogens (primary N) is 1. The quantitative estimate of drug-likeness (QED) is 0.670. The SMILES string of the molecule is NS(=O)(=O)c1cc(OC(F)(F)F)ccc1-c1cc(C(F)(F)F)cc(C(F)(F)F)c1. The lowest BCUT2D eigenvalue weighted by atomic mass is 9.99. The molecule has 2 N–H and O–H groups in total. The number of halogens is 9. The lowest BCUT2D eigenvalue weighted by molar-refractivity contribution is -0.274. The third kappa shape index (κ3) is 5.76. The van der Waals surface area contributed by atoms with E-state index in [0.717, 1.165) is 0 Å². The Morgan fingerprint density at radius 1 is 0.759 bits per heavy atom. The molecule has 2 aromatic rings. The average Bonchev–Trinajstić information content (AvgIpc) is 2.50. The summed E-state index contributed by atoms with van der Waals surface area (Å²) < 4.78 is 142. The molecule has 14 heteroatoms. The molecular weight excluding hydrogens is 445 g/mol. The van der Waals surface area contributed by atoms with Crippen LogP contribution in [0.5, 0.6) is 5.75 Å². The molecule has 0 saturated heterocycles. The van der Waals surface area contributed by atoms with E-state index in [2.05, 4.69) is 4.74 Å². The highest BCUT2D eigenvalue weighted by Gasteiger charge is 2.37. The minimum Gasteiger partial charge on any atom is -0.406 e. The summed E-state index contributed by atoms with van der Waals surface area (Å²) in [6.07, 6.45) is -15.7. The van der Waals surface area contributed by atoms with Gasteiger partial charge in [-0.05, 0) is 35.9 Å². The minimum absolute atomic E-state index is 0.193. The highest BCUT2D eigenvalue weighted by molar-refractivity contribution is 7.89. The van der Waals surface area contributed by atoms with E-state index in [-0.39, 0.29) is 24.3 Å². The van der Waals surface area contributed by atoms with E-state index in [1.165, 1.54) is 0 Å². The number of hydrogen-bond donors (Lipinski definition) is 1. The Bertz CT molecular complexity index is 993. The van der Waals surface area contributed by atoms with Gasteiger partial charge in [-0.1, -0.05) is 0 Å². The Balaban J connectivity index is 2.79. The molecule has 4 nitrogen and oxygen atoms in total. The van der Waals surface area contributed by atoms with Crippen molar-refractivity contribution in [3.05, 3.63) is 47.5 Å². The van der Waals surface area contributed by atoms with Crippen molar-refractivity contribution in [2.45, 2.75) is 23.6 Å². The van der Waals surface area contributed by atoms with Crippen LogP contribution in [0.1, 0.15) is 11.1 Å². The molecule has 0 spiro atoms. The van der Waals surface area contributed by atoms with Gasteiger partial charge < -0.3 is 4.74 Å². The Kier molecular flexibility index (Phi) is 5.58. The summed E-state index contributed by atoms with van der Waals surface area (Å²) in [5.41, 5.74) is -5.16. The zero-order chi connectivity index (χ0) is 22.4. The van der Waals surface area contributed by atoms with Gasteiger partial charge in [0.2, 0.25) is 10.0 Å². The first-order valence-corrected chi connectivity index (χ1v) is 8.65. The Morgan fingerprint density at radius 2 is 1.24 bits per heavy atom. The molecule has 0 radical (unpaired) electrons. The fraction of sp³-hybridized carbons (Fsp3) is 0.200. The van der Waals surface area contributed by atoms with Crippen LogP contribution in [-0.2, 0) is 22.4 Å². The van der Waals surface area contributed by atoms with Crippen molar-refractivity contribution in [3.8, 4) is 16.9 Å². The summed E-state index contributed by atoms with van der Waals surface area (Å²) >= 11 is 0. The summed E-state index contributed by atoms with van der Waals surface area (Å²) in [7, 11) is -4.87. The molecule has 0 atom stereocenters. The predicted octanol–water partition coefficient (Wildman–Crippen LogP) is 4.94. The van der Waals surface area contributed by atoms with Crippen LogP contribution < -0.4 is 9.88 Å². The maximum absolute atomic E-state index is 13.0. The number of sulfonamides is 1. The molecule has 0 fully saturated rings. The first-order valence-electron chi connectivity index (χ1n) is 7.10. The lowest BCUT2D eigenvalue weighted by Gasteiger charge is -2.16. The smallest absolute Gasteiger partial charge is 0.406 e. The van der Waals surface area contributed by atoms with Gasteiger partial charge in [0.1, 0.15) is 5.75 Å². The third-order valence-electron chi connectivity index (χ3n) is 3.39. The monoisotopic (exact) mass is 453 g/mol. The molecule has 160 valence electrons. The molecule has 0 aliphatic heterocycles. The van der Waals surface area contributed by atoms with E-state index in [1.54, 1.807) is 0 Å². The Morgan fingerprint density at radius 3 is 1.62 bits per heavy atom. The molecule has 2 rings (SSSR count). The standard InChI is InChI=1S/C15H8F9NO3S/c16-13(17,18)8-3-7(4-9(5-8)14(19,20)21)11-2-1-10(28-15(22,23)24)6-12(11)29(25,26)27/h1-6H,(H2,25,26,27). The second-order valence-corrected chi connectivity index (χ2v) is 7.08. The van der Waals surface area contributed by atoms with Gasteiger partial charge in [-0.15, -0.1) is 13.2 Å². The van der Waals surface area contributed by atoms with Crippen LogP contribution in [0.3, 0.4) is 0 Å². The number of primary sulfonamides is 1. The molecule has 0 aliphatic carbocycles. The second-order valence-electron chi connectivity index (χ2n) is 5.55. The molecule has 0 aromatic heterocycles. The number of hydrogen-bond acceptors (Lipinski definition) is 3. The maximum Gasteiger partial charge on any atom is 0.573 e. The minimum atomic E-state index is -5.24. The van der Waals surface area contributed by atoms with Crippen LogP contribution in [0.4, 0.5) is 39.5 Å². The molecular formula is C15H8F9NO3S. The van der Waals surface area contributed by atoms with Crippen LogP contribution >= 0.6 is 0 Å². The Hall–Kier alpha value is -2.48. The molecule has 2 aromatic carbocycles. The number of benzene rings is 2. The van der Waals surface area contributed by atoms with Gasteiger partial charge in [0.05, 0.1) is 16.0 Å². The van der Waals surface area contributed by atoms with Gasteiger partial charge in [0.25, 0.3) is 0 Å². The van der Waals surface area contributed by atoms with Gasteiger partial charge in [-0.25, -0.2) is 13.6 Å². The van der Waals surface area contributed by atoms with Crippen molar-refractivity contribution in [3.63, 3.8) is 0 Å². The van der Waals surface area contributed by atoms with Gasteiger partial charge in [-0.2, -0.15) is 26.3 Å². The molecule has 0 unspecified atom stereocenters. The van der Waals surface area contributed by atoms with Crippen molar-refractivity contribution in [1.82, 2.24) is 0 Å². The topological polar surface area (TPSA) is 69.4 Å². The van der Waals surface area contributed by atoms with E-state index in [0.29, 0.717) is 12.1 Å². The van der Waals surface area contributed by atoms with Crippen LogP contribution in [0.15, 0.2) is 41.3 Å². The van der Waals surface area contributed by atoms with E-state index in [1.807, 2.05) is 0 Å². The fourth-order valence-corrected chi connectivity index (χ4v) is 3.06. The molecule has 29 heavy (non-hydrogen) atoms. The fourth-order valence-electron chi connectivity index (χ4n) is 2.28. The van der Waals surface area contributed by atoms with Crippen molar-refractivity contribution < 1.29 is 52.7 Å². The second kappa shape index (κ2) is 7.09. The number of ether oxygens (including phenoxy) is 1. The first kappa shape index (κ1) is 22.8. The summed E-state index contributed by atoms with van der Waals surface area (Å²) in [6, 6.07) is 1.54. The van der Waals surface area contributed by atoms with Gasteiger partial charge in [-0.3, -0.25) is 0 Å². The average molecular weight is 453 g/mol. The summed E-state index contributed by atoms with van der Waals surface area (Å²) in [5.74, 6) is -1.09. The molecule has 0 bridgehead atoms. The molecule has 0 aliphatic rings. The van der Waals surface area contributed by atoms with E-state index in [4.69, 9.17) is 5.14 Å².